The molecule has 0 bridgehead atoms. The minimum Gasteiger partial charge on any atom is -0.326 e. The maximum Gasteiger partial charge on any atom is 0.269 e. The van der Waals surface area contributed by atoms with E-state index in [9.17, 15) is 23.3 Å². The van der Waals surface area contributed by atoms with Crippen LogP contribution in [0.4, 0.5) is 11.4 Å². The van der Waals surface area contributed by atoms with Crippen molar-refractivity contribution in [2.24, 2.45) is 0 Å². The van der Waals surface area contributed by atoms with Gasteiger partial charge in [-0.25, -0.2) is 13.1 Å². The molecule has 2 N–H and O–H groups in total. The van der Waals surface area contributed by atoms with E-state index < -0.39 is 14.9 Å². The van der Waals surface area contributed by atoms with Crippen molar-refractivity contribution in [3.63, 3.8) is 0 Å². The molecule has 0 saturated heterocycles. The van der Waals surface area contributed by atoms with Crippen LogP contribution in [-0.2, 0) is 21.2 Å². The van der Waals surface area contributed by atoms with Gasteiger partial charge in [-0.1, -0.05) is 18.2 Å². The lowest BCUT2D eigenvalue weighted by molar-refractivity contribution is -0.384. The van der Waals surface area contributed by atoms with Gasteiger partial charge in [-0.2, -0.15) is 0 Å². The summed E-state index contributed by atoms with van der Waals surface area (Å²) in [6.07, 6.45) is 0.0139. The van der Waals surface area contributed by atoms with Gasteiger partial charge in [0.1, 0.15) is 0 Å². The first-order valence-electron chi connectivity index (χ1n) is 7.30. The Bertz CT molecular complexity index is 908. The predicted molar refractivity (Wildman–Crippen MR) is 92.9 cm³/mol. The summed E-state index contributed by atoms with van der Waals surface area (Å²) in [7, 11) is -2.31. The zero-order valence-electron chi connectivity index (χ0n) is 13.6. The molecule has 1 amide bonds. The number of hydrogen-bond donors (Lipinski definition) is 2. The SMILES string of the molecule is CNS(=O)(=O)c1cc(NC(=O)Cc2ccc([N+](=O)[O-])cc2)ccc1C. The van der Waals surface area contributed by atoms with E-state index in [1.807, 2.05) is 0 Å². The summed E-state index contributed by atoms with van der Waals surface area (Å²) in [6.45, 7) is 1.66. The van der Waals surface area contributed by atoms with Gasteiger partial charge in [0.15, 0.2) is 0 Å². The van der Waals surface area contributed by atoms with Crippen molar-refractivity contribution in [1.29, 1.82) is 0 Å². The summed E-state index contributed by atoms with van der Waals surface area (Å²) in [4.78, 5) is 22.3. The van der Waals surface area contributed by atoms with Crippen LogP contribution in [0.15, 0.2) is 47.4 Å². The summed E-state index contributed by atoms with van der Waals surface area (Å²) in [6, 6.07) is 10.3. The monoisotopic (exact) mass is 363 g/mol. The zero-order chi connectivity index (χ0) is 18.6. The fourth-order valence-electron chi connectivity index (χ4n) is 2.20. The number of aryl methyl sites for hydroxylation is 1. The van der Waals surface area contributed by atoms with E-state index in [2.05, 4.69) is 10.0 Å². The van der Waals surface area contributed by atoms with Crippen LogP contribution in [-0.4, -0.2) is 26.3 Å². The number of anilines is 1. The molecule has 132 valence electrons. The number of nitro benzene ring substituents is 1. The largest absolute Gasteiger partial charge is 0.326 e. The summed E-state index contributed by atoms with van der Waals surface area (Å²) >= 11 is 0. The number of sulfonamides is 1. The topological polar surface area (TPSA) is 118 Å². The van der Waals surface area contributed by atoms with E-state index in [1.54, 1.807) is 19.1 Å². The van der Waals surface area contributed by atoms with Crippen molar-refractivity contribution in [2.45, 2.75) is 18.2 Å². The number of benzene rings is 2. The molecule has 8 nitrogen and oxygen atoms in total. The number of hydrogen-bond acceptors (Lipinski definition) is 5. The van der Waals surface area contributed by atoms with Crippen LogP contribution in [0.3, 0.4) is 0 Å². The molecule has 0 radical (unpaired) electrons. The Balaban J connectivity index is 2.13. The van der Waals surface area contributed by atoms with Crippen LogP contribution in [0.1, 0.15) is 11.1 Å². The Morgan fingerprint density at radius 1 is 1.16 bits per heavy atom. The number of nitro groups is 1. The third kappa shape index (κ3) is 4.61. The average Bonchev–Trinajstić information content (AvgIpc) is 2.57. The Kier molecular flexibility index (Phi) is 5.50. The van der Waals surface area contributed by atoms with Gasteiger partial charge in [0.05, 0.1) is 16.2 Å². The lowest BCUT2D eigenvalue weighted by Crippen LogP contribution is -2.20. The van der Waals surface area contributed by atoms with Gasteiger partial charge in [0, 0.05) is 17.8 Å². The highest BCUT2D eigenvalue weighted by Crippen LogP contribution is 2.20. The Morgan fingerprint density at radius 3 is 2.36 bits per heavy atom. The third-order valence-corrected chi connectivity index (χ3v) is 5.10. The Labute approximate surface area is 145 Å². The van der Waals surface area contributed by atoms with Crippen LogP contribution in [0.25, 0.3) is 0 Å². The minimum absolute atomic E-state index is 0.0139. The highest BCUT2D eigenvalue weighted by Gasteiger charge is 2.16. The second-order valence-corrected chi connectivity index (χ2v) is 7.19. The minimum atomic E-state index is -3.62. The molecule has 0 atom stereocenters. The zero-order valence-corrected chi connectivity index (χ0v) is 14.5. The van der Waals surface area contributed by atoms with Gasteiger partial charge in [-0.3, -0.25) is 14.9 Å². The lowest BCUT2D eigenvalue weighted by atomic mass is 10.1. The molecule has 0 spiro atoms. The molecule has 0 aliphatic rings. The lowest BCUT2D eigenvalue weighted by Gasteiger charge is -2.10. The number of rotatable bonds is 6. The molecule has 25 heavy (non-hydrogen) atoms. The summed E-state index contributed by atoms with van der Waals surface area (Å²) < 4.78 is 26.2. The summed E-state index contributed by atoms with van der Waals surface area (Å²) in [5.41, 5.74) is 1.47. The van der Waals surface area contributed by atoms with Crippen LogP contribution >= 0.6 is 0 Å². The molecule has 0 heterocycles. The average molecular weight is 363 g/mol. The molecule has 0 aromatic heterocycles. The highest BCUT2D eigenvalue weighted by atomic mass is 32.2. The first-order valence-corrected chi connectivity index (χ1v) is 8.78. The standard InChI is InChI=1S/C16H17N3O5S/c1-11-3-6-13(10-15(11)25(23,24)17-2)18-16(20)9-12-4-7-14(8-5-12)19(21)22/h3-8,10,17H,9H2,1-2H3,(H,18,20). The first-order chi connectivity index (χ1) is 11.7. The van der Waals surface area contributed by atoms with Gasteiger partial charge in [0.2, 0.25) is 15.9 Å². The first kappa shape index (κ1) is 18.6. The van der Waals surface area contributed by atoms with Crippen LogP contribution < -0.4 is 10.0 Å². The summed E-state index contributed by atoms with van der Waals surface area (Å²) in [5.74, 6) is -0.356. The second-order valence-electron chi connectivity index (χ2n) is 5.34. The Hall–Kier alpha value is -2.78. The van der Waals surface area contributed by atoms with Gasteiger partial charge in [-0.15, -0.1) is 0 Å². The fraction of sp³-hybridized carbons (Fsp3) is 0.188. The maximum atomic E-state index is 12.1. The van der Waals surface area contributed by atoms with E-state index in [0.717, 1.165) is 0 Å². The van der Waals surface area contributed by atoms with Gasteiger partial charge in [0.25, 0.3) is 5.69 Å². The van der Waals surface area contributed by atoms with Crippen molar-refractivity contribution >= 4 is 27.3 Å². The molecule has 0 saturated carbocycles. The molecule has 0 aliphatic heterocycles. The Morgan fingerprint density at radius 2 is 1.80 bits per heavy atom. The van der Waals surface area contributed by atoms with Gasteiger partial charge in [-0.05, 0) is 37.2 Å². The van der Waals surface area contributed by atoms with Crippen LogP contribution in [0.5, 0.6) is 0 Å². The number of carbonyl (C=O) groups is 1. The van der Waals surface area contributed by atoms with E-state index in [4.69, 9.17) is 0 Å². The molecule has 0 unspecified atom stereocenters. The normalized spacial score (nSPS) is 11.1. The molecule has 2 aromatic carbocycles. The molecule has 2 rings (SSSR count). The van der Waals surface area contributed by atoms with E-state index in [0.29, 0.717) is 16.8 Å². The molecule has 0 fully saturated rings. The van der Waals surface area contributed by atoms with E-state index in [-0.39, 0.29) is 22.9 Å². The fourth-order valence-corrected chi connectivity index (χ4v) is 3.20. The molecule has 2 aromatic rings. The van der Waals surface area contributed by atoms with Crippen molar-refractivity contribution in [3.05, 3.63) is 63.7 Å². The smallest absolute Gasteiger partial charge is 0.269 e. The number of carbonyl (C=O) groups excluding carboxylic acids is 1. The van der Waals surface area contributed by atoms with Crippen molar-refractivity contribution in [1.82, 2.24) is 4.72 Å². The van der Waals surface area contributed by atoms with E-state index in [1.165, 1.54) is 37.4 Å². The van der Waals surface area contributed by atoms with Crippen molar-refractivity contribution < 1.29 is 18.1 Å². The van der Waals surface area contributed by atoms with Crippen molar-refractivity contribution in [2.75, 3.05) is 12.4 Å². The second kappa shape index (κ2) is 7.41. The third-order valence-electron chi connectivity index (χ3n) is 3.54. The summed E-state index contributed by atoms with van der Waals surface area (Å²) in [5, 5.41) is 13.2. The number of nitrogens with zero attached hydrogens (tertiary/aromatic N) is 1. The number of non-ortho nitro benzene ring substituents is 1. The van der Waals surface area contributed by atoms with Crippen LogP contribution in [0, 0.1) is 17.0 Å². The molecular weight excluding hydrogens is 346 g/mol. The molecule has 0 aliphatic carbocycles. The van der Waals surface area contributed by atoms with Gasteiger partial charge < -0.3 is 5.32 Å². The van der Waals surface area contributed by atoms with Crippen LogP contribution in [0.2, 0.25) is 0 Å². The number of amides is 1. The quantitative estimate of drug-likeness (QED) is 0.601. The van der Waals surface area contributed by atoms with Crippen molar-refractivity contribution in [3.8, 4) is 0 Å². The maximum absolute atomic E-state index is 12.1. The predicted octanol–water partition coefficient (Wildman–Crippen LogP) is 1.99. The number of nitrogens with one attached hydrogen (secondary N) is 2. The highest BCUT2D eigenvalue weighted by molar-refractivity contribution is 7.89. The molecular formula is C16H17N3O5S. The van der Waals surface area contributed by atoms with Gasteiger partial charge >= 0.3 is 0 Å². The van der Waals surface area contributed by atoms with E-state index >= 15 is 0 Å². The molecule has 9 heteroatoms.